The van der Waals surface area contributed by atoms with Crippen molar-refractivity contribution in [3.05, 3.63) is 28.4 Å². The standard InChI is InChI=1S/C9H10N2O3/c12-8(13)6-4-10-9(14)11(5-6)7-2-1-3-7/h4-5,7H,1-3H2,(H,12,13). The van der Waals surface area contributed by atoms with Crippen LogP contribution in [0.3, 0.4) is 0 Å². The molecule has 1 N–H and O–H groups in total. The first kappa shape index (κ1) is 8.93. The van der Waals surface area contributed by atoms with E-state index in [4.69, 9.17) is 5.11 Å². The zero-order chi connectivity index (χ0) is 10.1. The normalized spacial score (nSPS) is 16.3. The van der Waals surface area contributed by atoms with Crippen LogP contribution in [-0.2, 0) is 0 Å². The van der Waals surface area contributed by atoms with Gasteiger partial charge in [0.25, 0.3) is 0 Å². The van der Waals surface area contributed by atoms with Gasteiger partial charge in [0.15, 0.2) is 0 Å². The number of hydrogen-bond donors (Lipinski definition) is 1. The summed E-state index contributed by atoms with van der Waals surface area (Å²) in [4.78, 5) is 25.5. The highest BCUT2D eigenvalue weighted by atomic mass is 16.4. The summed E-state index contributed by atoms with van der Waals surface area (Å²) in [6.45, 7) is 0. The highest BCUT2D eigenvalue weighted by Crippen LogP contribution is 2.29. The van der Waals surface area contributed by atoms with Crippen molar-refractivity contribution in [1.29, 1.82) is 0 Å². The lowest BCUT2D eigenvalue weighted by Crippen LogP contribution is -2.31. The summed E-state index contributed by atoms with van der Waals surface area (Å²) in [6.07, 6.45) is 5.44. The molecule has 14 heavy (non-hydrogen) atoms. The molecule has 1 fully saturated rings. The molecule has 0 spiro atoms. The van der Waals surface area contributed by atoms with Gasteiger partial charge in [-0.05, 0) is 19.3 Å². The zero-order valence-corrected chi connectivity index (χ0v) is 7.51. The molecule has 0 bridgehead atoms. The molecule has 2 rings (SSSR count). The Kier molecular flexibility index (Phi) is 2.07. The fraction of sp³-hybridized carbons (Fsp3) is 0.444. The van der Waals surface area contributed by atoms with Gasteiger partial charge >= 0.3 is 11.7 Å². The van der Waals surface area contributed by atoms with Crippen LogP contribution in [0, 0.1) is 0 Å². The number of hydrogen-bond acceptors (Lipinski definition) is 3. The van der Waals surface area contributed by atoms with E-state index in [1.54, 1.807) is 0 Å². The van der Waals surface area contributed by atoms with Crippen molar-refractivity contribution in [3.8, 4) is 0 Å². The van der Waals surface area contributed by atoms with E-state index in [2.05, 4.69) is 4.98 Å². The van der Waals surface area contributed by atoms with E-state index in [1.807, 2.05) is 0 Å². The molecular weight excluding hydrogens is 184 g/mol. The maximum Gasteiger partial charge on any atom is 0.347 e. The fourth-order valence-electron chi connectivity index (χ4n) is 1.47. The smallest absolute Gasteiger partial charge is 0.347 e. The Morgan fingerprint density at radius 2 is 2.29 bits per heavy atom. The van der Waals surface area contributed by atoms with Gasteiger partial charge in [0.1, 0.15) is 0 Å². The third-order valence-corrected chi connectivity index (χ3v) is 2.53. The number of rotatable bonds is 2. The second kappa shape index (κ2) is 3.25. The summed E-state index contributed by atoms with van der Waals surface area (Å²) in [5, 5.41) is 8.72. The molecule has 0 radical (unpaired) electrons. The Morgan fingerprint density at radius 3 is 2.79 bits per heavy atom. The Bertz CT molecular complexity index is 420. The predicted molar refractivity (Wildman–Crippen MR) is 48.3 cm³/mol. The SMILES string of the molecule is O=C(O)c1cnc(=O)n(C2CCC2)c1. The average Bonchev–Trinajstić information content (AvgIpc) is 2.05. The zero-order valence-electron chi connectivity index (χ0n) is 7.51. The van der Waals surface area contributed by atoms with Gasteiger partial charge in [0.05, 0.1) is 5.56 Å². The van der Waals surface area contributed by atoms with Crippen LogP contribution in [-0.4, -0.2) is 20.6 Å². The molecule has 0 aromatic carbocycles. The highest BCUT2D eigenvalue weighted by Gasteiger charge is 2.21. The summed E-state index contributed by atoms with van der Waals surface area (Å²) in [5.74, 6) is -1.05. The highest BCUT2D eigenvalue weighted by molar-refractivity contribution is 5.86. The molecule has 1 aromatic heterocycles. The summed E-state index contributed by atoms with van der Waals surface area (Å²) in [5.41, 5.74) is -0.295. The van der Waals surface area contributed by atoms with E-state index in [0.717, 1.165) is 25.5 Å². The first-order chi connectivity index (χ1) is 6.68. The number of carboxylic acid groups (broad SMARTS) is 1. The summed E-state index contributed by atoms with van der Waals surface area (Å²) in [7, 11) is 0. The molecule has 0 amide bonds. The van der Waals surface area contributed by atoms with Crippen LogP contribution in [0.4, 0.5) is 0 Å². The molecule has 5 heteroatoms. The van der Waals surface area contributed by atoms with Crippen LogP contribution < -0.4 is 5.69 Å². The quantitative estimate of drug-likeness (QED) is 0.750. The second-order valence-corrected chi connectivity index (χ2v) is 3.42. The Hall–Kier alpha value is -1.65. The van der Waals surface area contributed by atoms with Crippen LogP contribution in [0.5, 0.6) is 0 Å². The van der Waals surface area contributed by atoms with Gasteiger partial charge in [-0.15, -0.1) is 0 Å². The lowest BCUT2D eigenvalue weighted by atomic mass is 9.93. The number of aromatic nitrogens is 2. The minimum atomic E-state index is -1.05. The van der Waals surface area contributed by atoms with E-state index in [1.165, 1.54) is 10.8 Å². The Balaban J connectivity index is 2.41. The van der Waals surface area contributed by atoms with Gasteiger partial charge in [-0.3, -0.25) is 4.57 Å². The van der Waals surface area contributed by atoms with Crippen molar-refractivity contribution in [2.75, 3.05) is 0 Å². The maximum atomic E-state index is 11.3. The van der Waals surface area contributed by atoms with Gasteiger partial charge in [-0.1, -0.05) is 0 Å². The average molecular weight is 194 g/mol. The molecule has 74 valence electrons. The first-order valence-electron chi connectivity index (χ1n) is 4.50. The number of aromatic carboxylic acids is 1. The number of nitrogens with zero attached hydrogens (tertiary/aromatic N) is 2. The number of carboxylic acids is 1. The van der Waals surface area contributed by atoms with Gasteiger partial charge in [0, 0.05) is 18.4 Å². The summed E-state index contributed by atoms with van der Waals surface area (Å²) >= 11 is 0. The predicted octanol–water partition coefficient (Wildman–Crippen LogP) is 0.666. The van der Waals surface area contributed by atoms with Crippen LogP contribution in [0.2, 0.25) is 0 Å². The van der Waals surface area contributed by atoms with E-state index >= 15 is 0 Å². The van der Waals surface area contributed by atoms with Gasteiger partial charge in [0.2, 0.25) is 0 Å². The molecule has 1 aliphatic rings. The van der Waals surface area contributed by atoms with Gasteiger partial charge < -0.3 is 5.11 Å². The van der Waals surface area contributed by atoms with Crippen molar-refractivity contribution in [2.45, 2.75) is 25.3 Å². The van der Waals surface area contributed by atoms with E-state index in [-0.39, 0.29) is 17.3 Å². The topological polar surface area (TPSA) is 72.2 Å². The van der Waals surface area contributed by atoms with Crippen molar-refractivity contribution in [3.63, 3.8) is 0 Å². The molecule has 1 heterocycles. The molecule has 1 saturated carbocycles. The molecule has 0 saturated heterocycles. The summed E-state index contributed by atoms with van der Waals surface area (Å²) in [6, 6.07) is 0.147. The molecule has 0 unspecified atom stereocenters. The van der Waals surface area contributed by atoms with Crippen LogP contribution in [0.1, 0.15) is 35.7 Å². The van der Waals surface area contributed by atoms with Crippen molar-refractivity contribution in [2.24, 2.45) is 0 Å². The van der Waals surface area contributed by atoms with Crippen LogP contribution >= 0.6 is 0 Å². The Labute approximate surface area is 80.0 Å². The lowest BCUT2D eigenvalue weighted by Gasteiger charge is -2.27. The minimum Gasteiger partial charge on any atom is -0.478 e. The fourth-order valence-corrected chi connectivity index (χ4v) is 1.47. The summed E-state index contributed by atoms with van der Waals surface area (Å²) < 4.78 is 1.42. The number of carbonyl (C=O) groups is 1. The maximum absolute atomic E-state index is 11.3. The van der Waals surface area contributed by atoms with Crippen molar-refractivity contribution >= 4 is 5.97 Å². The van der Waals surface area contributed by atoms with E-state index < -0.39 is 5.97 Å². The third-order valence-electron chi connectivity index (χ3n) is 2.53. The molecule has 0 atom stereocenters. The second-order valence-electron chi connectivity index (χ2n) is 3.42. The molecule has 0 aliphatic heterocycles. The molecule has 1 aromatic rings. The molecule has 5 nitrogen and oxygen atoms in total. The van der Waals surface area contributed by atoms with Gasteiger partial charge in [-0.2, -0.15) is 0 Å². The molecular formula is C9H10N2O3. The van der Waals surface area contributed by atoms with Gasteiger partial charge in [-0.25, -0.2) is 14.6 Å². The first-order valence-corrected chi connectivity index (χ1v) is 4.50. The molecule has 1 aliphatic carbocycles. The lowest BCUT2D eigenvalue weighted by molar-refractivity contribution is 0.0694. The van der Waals surface area contributed by atoms with E-state index in [0.29, 0.717) is 0 Å². The van der Waals surface area contributed by atoms with E-state index in [9.17, 15) is 9.59 Å². The van der Waals surface area contributed by atoms with Crippen LogP contribution in [0.25, 0.3) is 0 Å². The Morgan fingerprint density at radius 1 is 1.57 bits per heavy atom. The monoisotopic (exact) mass is 194 g/mol. The van der Waals surface area contributed by atoms with Crippen molar-refractivity contribution < 1.29 is 9.90 Å². The van der Waals surface area contributed by atoms with Crippen molar-refractivity contribution in [1.82, 2.24) is 9.55 Å². The third kappa shape index (κ3) is 1.41. The minimum absolute atomic E-state index is 0.0662. The largest absolute Gasteiger partial charge is 0.478 e. The van der Waals surface area contributed by atoms with Crippen LogP contribution in [0.15, 0.2) is 17.2 Å².